The average molecular weight is 492 g/mol. The number of fused-ring (bicyclic) bond motifs is 2. The molecule has 1 amide bonds. The van der Waals surface area contributed by atoms with Gasteiger partial charge in [0.05, 0.1) is 17.4 Å². The number of carbonyl (C=O) groups is 1. The minimum Gasteiger partial charge on any atom is -0.368 e. The summed E-state index contributed by atoms with van der Waals surface area (Å²) in [7, 11) is 0. The minimum absolute atomic E-state index is 0.0416. The van der Waals surface area contributed by atoms with Crippen LogP contribution in [-0.2, 0) is 6.42 Å². The van der Waals surface area contributed by atoms with Gasteiger partial charge in [0.1, 0.15) is 17.2 Å². The summed E-state index contributed by atoms with van der Waals surface area (Å²) in [6, 6.07) is 6.03. The molecule has 0 spiro atoms. The van der Waals surface area contributed by atoms with Gasteiger partial charge in [0.15, 0.2) is 17.2 Å². The normalized spacial score (nSPS) is 19.2. The Hall–Kier alpha value is -4.35. The maximum absolute atomic E-state index is 14.5. The van der Waals surface area contributed by atoms with Crippen molar-refractivity contribution in [3.63, 3.8) is 0 Å². The molecule has 6 rings (SSSR count). The molecule has 3 N–H and O–H groups in total. The van der Waals surface area contributed by atoms with Crippen LogP contribution in [0.1, 0.15) is 41.3 Å². The number of benzene rings is 1. The molecule has 5 heterocycles. The van der Waals surface area contributed by atoms with Crippen LogP contribution >= 0.6 is 0 Å². The van der Waals surface area contributed by atoms with Gasteiger partial charge in [0.25, 0.3) is 11.5 Å². The Balaban J connectivity index is 1.59. The molecule has 0 saturated carbocycles. The minimum atomic E-state index is -0.707. The van der Waals surface area contributed by atoms with E-state index in [9.17, 15) is 18.4 Å². The smallest absolute Gasteiger partial charge is 0.285 e. The van der Waals surface area contributed by atoms with Gasteiger partial charge in [-0.15, -0.1) is 0 Å². The quantitative estimate of drug-likeness (QED) is 0.447. The lowest BCUT2D eigenvalue weighted by Gasteiger charge is -2.49. The average Bonchev–Trinajstić information content (AvgIpc) is 3.20. The first kappa shape index (κ1) is 22.1. The number of hydrogen-bond acceptors (Lipinski definition) is 7. The van der Waals surface area contributed by atoms with Gasteiger partial charge in [-0.1, -0.05) is 6.92 Å². The highest BCUT2D eigenvalue weighted by molar-refractivity contribution is 6.01. The number of rotatable bonds is 4. The SMILES string of the molecule is CC[C@@H]1CN(c2nc(N)nc3c2C(=O)NCC3)[C@@H]1c1nn2ccc(F)c2c(=O)n1-c1ccc(F)cc1. The van der Waals surface area contributed by atoms with E-state index in [0.717, 1.165) is 6.42 Å². The highest BCUT2D eigenvalue weighted by atomic mass is 19.1. The molecule has 0 bridgehead atoms. The van der Waals surface area contributed by atoms with Crippen molar-refractivity contribution < 1.29 is 13.6 Å². The largest absolute Gasteiger partial charge is 0.368 e. The molecule has 4 aromatic rings. The van der Waals surface area contributed by atoms with E-state index in [0.29, 0.717) is 48.1 Å². The van der Waals surface area contributed by atoms with Crippen molar-refractivity contribution >= 4 is 23.2 Å². The van der Waals surface area contributed by atoms with Crippen LogP contribution < -0.4 is 21.5 Å². The number of nitrogens with zero attached hydrogens (tertiary/aromatic N) is 6. The molecular weight excluding hydrogens is 470 g/mol. The molecular formula is C24H22F2N8O2. The van der Waals surface area contributed by atoms with E-state index < -0.39 is 23.2 Å². The first-order valence-electron chi connectivity index (χ1n) is 11.6. The Morgan fingerprint density at radius 1 is 1.14 bits per heavy atom. The zero-order chi connectivity index (χ0) is 25.1. The molecule has 0 unspecified atom stereocenters. The third kappa shape index (κ3) is 3.24. The Labute approximate surface area is 203 Å². The summed E-state index contributed by atoms with van der Waals surface area (Å²) in [4.78, 5) is 36.9. The molecule has 3 aromatic heterocycles. The number of halogens is 2. The summed E-state index contributed by atoms with van der Waals surface area (Å²) >= 11 is 0. The van der Waals surface area contributed by atoms with Gasteiger partial charge in [0, 0.05) is 31.6 Å². The molecule has 12 heteroatoms. The van der Waals surface area contributed by atoms with E-state index in [1.165, 1.54) is 45.6 Å². The maximum Gasteiger partial charge on any atom is 0.285 e. The molecule has 1 fully saturated rings. The van der Waals surface area contributed by atoms with Gasteiger partial charge in [-0.3, -0.25) is 14.2 Å². The second kappa shape index (κ2) is 8.11. The molecule has 0 aliphatic carbocycles. The maximum atomic E-state index is 14.5. The van der Waals surface area contributed by atoms with Crippen LogP contribution in [0.25, 0.3) is 11.2 Å². The number of nitrogen functional groups attached to an aromatic ring is 1. The fourth-order valence-corrected chi connectivity index (χ4v) is 5.10. The third-order valence-corrected chi connectivity index (χ3v) is 6.88. The fourth-order valence-electron chi connectivity index (χ4n) is 5.10. The van der Waals surface area contributed by atoms with Crippen molar-refractivity contribution in [3.8, 4) is 5.69 Å². The number of aromatic nitrogens is 5. The van der Waals surface area contributed by atoms with Crippen molar-refractivity contribution in [2.24, 2.45) is 5.92 Å². The number of anilines is 2. The molecule has 1 saturated heterocycles. The molecule has 184 valence electrons. The summed E-state index contributed by atoms with van der Waals surface area (Å²) in [5.74, 6) is -0.706. The molecule has 2 atom stereocenters. The highest BCUT2D eigenvalue weighted by Gasteiger charge is 2.45. The monoisotopic (exact) mass is 492 g/mol. The third-order valence-electron chi connectivity index (χ3n) is 6.88. The van der Waals surface area contributed by atoms with E-state index in [4.69, 9.17) is 5.73 Å². The number of amides is 1. The molecule has 36 heavy (non-hydrogen) atoms. The summed E-state index contributed by atoms with van der Waals surface area (Å²) in [5, 5.41) is 7.46. The summed E-state index contributed by atoms with van der Waals surface area (Å²) in [6.07, 6.45) is 2.64. The van der Waals surface area contributed by atoms with Crippen molar-refractivity contribution in [1.29, 1.82) is 0 Å². The van der Waals surface area contributed by atoms with Crippen molar-refractivity contribution in [2.45, 2.75) is 25.8 Å². The summed E-state index contributed by atoms with van der Waals surface area (Å²) in [6.45, 7) is 3.00. The molecule has 1 aromatic carbocycles. The van der Waals surface area contributed by atoms with Crippen LogP contribution in [0.5, 0.6) is 0 Å². The van der Waals surface area contributed by atoms with Gasteiger partial charge in [-0.2, -0.15) is 10.1 Å². The Morgan fingerprint density at radius 3 is 2.67 bits per heavy atom. The predicted octanol–water partition coefficient (Wildman–Crippen LogP) is 2.01. The van der Waals surface area contributed by atoms with E-state index in [1.807, 2.05) is 11.8 Å². The number of carbonyl (C=O) groups excluding carboxylic acids is 1. The summed E-state index contributed by atoms with van der Waals surface area (Å²) in [5.41, 5.74) is 6.41. The van der Waals surface area contributed by atoms with Gasteiger partial charge in [-0.05, 0) is 36.8 Å². The van der Waals surface area contributed by atoms with Gasteiger partial charge in [-0.25, -0.2) is 18.3 Å². The van der Waals surface area contributed by atoms with Crippen molar-refractivity contribution in [1.82, 2.24) is 29.5 Å². The van der Waals surface area contributed by atoms with Gasteiger partial charge < -0.3 is 16.0 Å². The van der Waals surface area contributed by atoms with Crippen molar-refractivity contribution in [3.05, 3.63) is 75.6 Å². The molecule has 10 nitrogen and oxygen atoms in total. The highest BCUT2D eigenvalue weighted by Crippen LogP contribution is 2.44. The number of hydrogen-bond donors (Lipinski definition) is 2. The Bertz CT molecular complexity index is 1580. The molecule has 0 radical (unpaired) electrons. The van der Waals surface area contributed by atoms with Crippen LogP contribution in [0.3, 0.4) is 0 Å². The zero-order valence-electron chi connectivity index (χ0n) is 19.3. The standard InChI is InChI=1S/C24H22F2N8O2/c1-2-12-11-32(20-17-16(29-24(27)30-20)7-9-28-22(17)35)18(12)21-31-33-10-8-15(26)19(33)23(36)34(21)14-5-3-13(25)4-6-14/h3-6,8,10,12,18H,2,7,9,11H2,1H3,(H,28,35)(H2,27,29,30)/t12-,18+/m1/s1. The lowest BCUT2D eigenvalue weighted by atomic mass is 9.84. The van der Waals surface area contributed by atoms with E-state index in [-0.39, 0.29) is 23.3 Å². The Kier molecular flexibility index (Phi) is 4.99. The van der Waals surface area contributed by atoms with Crippen LogP contribution in [-0.4, -0.2) is 43.1 Å². The van der Waals surface area contributed by atoms with E-state index in [1.54, 1.807) is 0 Å². The number of nitrogens with two attached hydrogens (primary N) is 1. The van der Waals surface area contributed by atoms with E-state index >= 15 is 0 Å². The first-order chi connectivity index (χ1) is 17.4. The van der Waals surface area contributed by atoms with Crippen LogP contribution in [0.2, 0.25) is 0 Å². The molecule has 2 aliphatic heterocycles. The lowest BCUT2D eigenvalue weighted by molar-refractivity contribution is 0.0944. The first-order valence-corrected chi connectivity index (χ1v) is 11.6. The fraction of sp³-hybridized carbons (Fsp3) is 0.292. The van der Waals surface area contributed by atoms with Crippen LogP contribution in [0, 0.1) is 17.6 Å². The summed E-state index contributed by atoms with van der Waals surface area (Å²) < 4.78 is 30.8. The van der Waals surface area contributed by atoms with E-state index in [2.05, 4.69) is 20.4 Å². The predicted molar refractivity (Wildman–Crippen MR) is 127 cm³/mol. The van der Waals surface area contributed by atoms with Crippen LogP contribution in [0.4, 0.5) is 20.5 Å². The topological polar surface area (TPSA) is 123 Å². The molecule has 2 aliphatic rings. The van der Waals surface area contributed by atoms with Gasteiger partial charge >= 0.3 is 0 Å². The number of nitrogens with one attached hydrogen (secondary N) is 1. The lowest BCUT2D eigenvalue weighted by Crippen LogP contribution is -2.53. The van der Waals surface area contributed by atoms with Gasteiger partial charge in [0.2, 0.25) is 5.95 Å². The van der Waals surface area contributed by atoms with Crippen molar-refractivity contribution in [2.75, 3.05) is 23.7 Å². The second-order valence-electron chi connectivity index (χ2n) is 8.93. The second-order valence-corrected chi connectivity index (χ2v) is 8.93. The van der Waals surface area contributed by atoms with Crippen LogP contribution in [0.15, 0.2) is 41.3 Å². The zero-order valence-corrected chi connectivity index (χ0v) is 19.3. The Morgan fingerprint density at radius 2 is 1.92 bits per heavy atom.